The van der Waals surface area contributed by atoms with Crippen LogP contribution in [0.3, 0.4) is 0 Å². The van der Waals surface area contributed by atoms with Crippen LogP contribution in [0.25, 0.3) is 32.9 Å². The Morgan fingerprint density at radius 1 is 1.23 bits per heavy atom. The number of halogens is 1. The van der Waals surface area contributed by atoms with E-state index < -0.39 is 5.82 Å². The molecule has 0 aliphatic rings. The molecule has 3 heterocycles. The SMILES string of the molecule is Cc1nc(COCC(=O)N(C)C)sc1-c1cccc(-c2cc(F)c3nn[nH]c3c2)n1. The third-order valence-electron chi connectivity index (χ3n) is 4.45. The van der Waals surface area contributed by atoms with Crippen LogP contribution in [0.1, 0.15) is 10.7 Å². The molecule has 0 aliphatic carbocycles. The van der Waals surface area contributed by atoms with Crippen LogP contribution in [0.4, 0.5) is 4.39 Å². The van der Waals surface area contributed by atoms with Crippen LogP contribution in [0.2, 0.25) is 0 Å². The Morgan fingerprint density at radius 2 is 2.03 bits per heavy atom. The summed E-state index contributed by atoms with van der Waals surface area (Å²) < 4.78 is 19.7. The van der Waals surface area contributed by atoms with Crippen molar-refractivity contribution in [2.24, 2.45) is 0 Å². The smallest absolute Gasteiger partial charge is 0.248 e. The maximum absolute atomic E-state index is 14.3. The Kier molecular flexibility index (Phi) is 5.51. The molecule has 0 spiro atoms. The minimum atomic E-state index is -0.455. The second-order valence-corrected chi connectivity index (χ2v) is 7.96. The van der Waals surface area contributed by atoms with Gasteiger partial charge in [-0.15, -0.1) is 16.4 Å². The van der Waals surface area contributed by atoms with Crippen molar-refractivity contribution in [3.63, 3.8) is 0 Å². The van der Waals surface area contributed by atoms with E-state index >= 15 is 0 Å². The third kappa shape index (κ3) is 4.05. The highest BCUT2D eigenvalue weighted by Crippen LogP contribution is 2.31. The summed E-state index contributed by atoms with van der Waals surface area (Å²) >= 11 is 1.46. The summed E-state index contributed by atoms with van der Waals surface area (Å²) in [6.45, 7) is 2.15. The number of fused-ring (bicyclic) bond motifs is 1. The number of nitrogens with zero attached hydrogens (tertiary/aromatic N) is 5. The van der Waals surface area contributed by atoms with Crippen LogP contribution in [0.15, 0.2) is 30.3 Å². The van der Waals surface area contributed by atoms with Crippen molar-refractivity contribution < 1.29 is 13.9 Å². The van der Waals surface area contributed by atoms with Crippen molar-refractivity contribution in [3.8, 4) is 21.8 Å². The van der Waals surface area contributed by atoms with Crippen LogP contribution in [-0.2, 0) is 16.1 Å². The van der Waals surface area contributed by atoms with Crippen molar-refractivity contribution in [1.82, 2.24) is 30.3 Å². The van der Waals surface area contributed by atoms with E-state index in [2.05, 4.69) is 20.4 Å². The summed E-state index contributed by atoms with van der Waals surface area (Å²) in [5.74, 6) is -0.557. The van der Waals surface area contributed by atoms with Gasteiger partial charge in [0.15, 0.2) is 5.82 Å². The second-order valence-electron chi connectivity index (χ2n) is 6.88. The number of pyridine rings is 1. The Labute approximate surface area is 175 Å². The molecule has 0 fully saturated rings. The number of rotatable bonds is 6. The Hall–Kier alpha value is -3.24. The molecule has 1 aromatic carbocycles. The van der Waals surface area contributed by atoms with Crippen molar-refractivity contribution >= 4 is 28.3 Å². The zero-order valence-corrected chi connectivity index (χ0v) is 17.5. The molecule has 10 heteroatoms. The number of hydrogen-bond acceptors (Lipinski definition) is 7. The molecule has 3 aromatic heterocycles. The van der Waals surface area contributed by atoms with Gasteiger partial charge in [-0.2, -0.15) is 0 Å². The topological polar surface area (TPSA) is 96.9 Å². The lowest BCUT2D eigenvalue weighted by Gasteiger charge is -2.09. The highest BCUT2D eigenvalue weighted by atomic mass is 32.1. The molecule has 0 unspecified atom stereocenters. The van der Waals surface area contributed by atoms with E-state index in [1.54, 1.807) is 20.2 Å². The van der Waals surface area contributed by atoms with Crippen LogP contribution < -0.4 is 0 Å². The van der Waals surface area contributed by atoms with E-state index in [4.69, 9.17) is 9.72 Å². The normalized spacial score (nSPS) is 11.2. The van der Waals surface area contributed by atoms with Crippen LogP contribution in [-0.4, -0.2) is 56.9 Å². The van der Waals surface area contributed by atoms with Crippen molar-refractivity contribution in [2.45, 2.75) is 13.5 Å². The molecular formula is C20H19FN6O2S. The monoisotopic (exact) mass is 426 g/mol. The number of hydrogen-bond donors (Lipinski definition) is 1. The Bertz CT molecular complexity index is 1220. The van der Waals surface area contributed by atoms with Gasteiger partial charge in [-0.25, -0.2) is 14.4 Å². The maximum atomic E-state index is 14.3. The number of carbonyl (C=O) groups is 1. The molecule has 0 atom stereocenters. The molecule has 1 amide bonds. The van der Waals surface area contributed by atoms with Gasteiger partial charge in [0.2, 0.25) is 5.91 Å². The maximum Gasteiger partial charge on any atom is 0.248 e. The average Bonchev–Trinajstić information content (AvgIpc) is 3.34. The molecule has 0 radical (unpaired) electrons. The predicted octanol–water partition coefficient (Wildman–Crippen LogP) is 3.20. The molecule has 4 aromatic rings. The molecular weight excluding hydrogens is 407 g/mol. The molecule has 8 nitrogen and oxygen atoms in total. The minimum Gasteiger partial charge on any atom is -0.364 e. The Balaban J connectivity index is 1.58. The van der Waals surface area contributed by atoms with Crippen molar-refractivity contribution in [3.05, 3.63) is 46.9 Å². The number of thiazole rings is 1. The van der Waals surface area contributed by atoms with Gasteiger partial charge in [0.25, 0.3) is 0 Å². The first kappa shape index (κ1) is 20.0. The number of ether oxygens (including phenoxy) is 1. The van der Waals surface area contributed by atoms with Gasteiger partial charge in [-0.3, -0.25) is 9.89 Å². The molecule has 30 heavy (non-hydrogen) atoms. The summed E-state index contributed by atoms with van der Waals surface area (Å²) in [6, 6.07) is 8.75. The first-order valence-corrected chi connectivity index (χ1v) is 9.96. The number of amides is 1. The average molecular weight is 426 g/mol. The number of likely N-dealkylation sites (N-methyl/N-ethyl adjacent to an activating group) is 1. The fourth-order valence-corrected chi connectivity index (χ4v) is 3.86. The van der Waals surface area contributed by atoms with Gasteiger partial charge in [-0.1, -0.05) is 11.3 Å². The highest BCUT2D eigenvalue weighted by Gasteiger charge is 2.14. The lowest BCUT2D eigenvalue weighted by molar-refractivity contribution is -0.133. The zero-order valence-electron chi connectivity index (χ0n) is 16.6. The van der Waals surface area contributed by atoms with Crippen molar-refractivity contribution in [2.75, 3.05) is 20.7 Å². The van der Waals surface area contributed by atoms with E-state index in [1.165, 1.54) is 22.3 Å². The van der Waals surface area contributed by atoms with E-state index in [-0.39, 0.29) is 24.6 Å². The molecule has 4 rings (SSSR count). The molecule has 1 N–H and O–H groups in total. The number of aryl methyl sites for hydroxylation is 1. The molecule has 0 saturated carbocycles. The highest BCUT2D eigenvalue weighted by molar-refractivity contribution is 7.15. The van der Waals surface area contributed by atoms with Gasteiger partial charge < -0.3 is 9.64 Å². The largest absolute Gasteiger partial charge is 0.364 e. The fourth-order valence-electron chi connectivity index (χ4n) is 2.89. The molecule has 0 saturated heterocycles. The van der Waals surface area contributed by atoms with E-state index in [0.29, 0.717) is 16.8 Å². The van der Waals surface area contributed by atoms with Gasteiger partial charge >= 0.3 is 0 Å². The standard InChI is InChI=1S/C20H19FN6O2S/c1-11-20(30-17(22-11)9-29-10-18(28)27(2)3)15-6-4-5-14(23-15)12-7-13(21)19-16(8-12)24-26-25-19/h4-8H,9-10H2,1-3H3,(H,24,25,26). The summed E-state index contributed by atoms with van der Waals surface area (Å²) in [5, 5.41) is 10.8. The van der Waals surface area contributed by atoms with E-state index in [0.717, 1.165) is 21.3 Å². The molecule has 0 aliphatic heterocycles. The summed E-state index contributed by atoms with van der Waals surface area (Å²) in [7, 11) is 3.37. The van der Waals surface area contributed by atoms with Gasteiger partial charge in [0, 0.05) is 19.7 Å². The van der Waals surface area contributed by atoms with E-state index in [9.17, 15) is 9.18 Å². The summed E-state index contributed by atoms with van der Waals surface area (Å²) in [4.78, 5) is 23.2. The zero-order chi connectivity index (χ0) is 21.3. The number of carbonyl (C=O) groups excluding carboxylic acids is 1. The van der Waals surface area contributed by atoms with Crippen molar-refractivity contribution in [1.29, 1.82) is 0 Å². The summed E-state index contributed by atoms with van der Waals surface area (Å²) in [6.07, 6.45) is 0. The number of aromatic nitrogens is 5. The third-order valence-corrected chi connectivity index (χ3v) is 5.61. The predicted molar refractivity (Wildman–Crippen MR) is 111 cm³/mol. The number of nitrogens with one attached hydrogen (secondary N) is 1. The minimum absolute atomic E-state index is 0.00515. The molecule has 154 valence electrons. The number of aromatic amines is 1. The quantitative estimate of drug-likeness (QED) is 0.509. The first-order chi connectivity index (χ1) is 14.4. The number of benzene rings is 1. The van der Waals surface area contributed by atoms with Gasteiger partial charge in [-0.05, 0) is 31.2 Å². The fraction of sp³-hybridized carbons (Fsp3) is 0.250. The summed E-state index contributed by atoms with van der Waals surface area (Å²) in [5.41, 5.74) is 3.53. The van der Waals surface area contributed by atoms with Crippen LogP contribution >= 0.6 is 11.3 Å². The van der Waals surface area contributed by atoms with Crippen LogP contribution in [0.5, 0.6) is 0 Å². The second kappa shape index (κ2) is 8.25. The van der Waals surface area contributed by atoms with Crippen LogP contribution in [0, 0.1) is 12.7 Å². The lowest BCUT2D eigenvalue weighted by Crippen LogP contribution is -2.26. The van der Waals surface area contributed by atoms with Gasteiger partial charge in [0.1, 0.15) is 17.1 Å². The lowest BCUT2D eigenvalue weighted by atomic mass is 10.1. The van der Waals surface area contributed by atoms with E-state index in [1.807, 2.05) is 25.1 Å². The van der Waals surface area contributed by atoms with Gasteiger partial charge in [0.05, 0.1) is 34.1 Å². The number of H-pyrrole nitrogens is 1. The first-order valence-electron chi connectivity index (χ1n) is 9.14. The Morgan fingerprint density at radius 3 is 2.83 bits per heavy atom. The molecule has 0 bridgehead atoms.